The van der Waals surface area contributed by atoms with Crippen LogP contribution in [0.2, 0.25) is 0 Å². The van der Waals surface area contributed by atoms with Gasteiger partial charge < -0.3 is 16.0 Å². The van der Waals surface area contributed by atoms with Gasteiger partial charge in [-0.2, -0.15) is 0 Å². The third-order valence-electron chi connectivity index (χ3n) is 3.35. The highest BCUT2D eigenvalue weighted by Crippen LogP contribution is 2.18. The van der Waals surface area contributed by atoms with E-state index in [1.807, 2.05) is 25.7 Å². The van der Waals surface area contributed by atoms with Gasteiger partial charge in [0.1, 0.15) is 0 Å². The van der Waals surface area contributed by atoms with Crippen molar-refractivity contribution in [2.45, 2.75) is 52.5 Å². The molecule has 118 valence electrons. The van der Waals surface area contributed by atoms with Gasteiger partial charge in [0.05, 0.1) is 6.54 Å². The normalized spacial score (nSPS) is 19.2. The van der Waals surface area contributed by atoms with Crippen molar-refractivity contribution >= 4 is 24.2 Å². The lowest BCUT2D eigenvalue weighted by molar-refractivity contribution is -0.136. The Morgan fingerprint density at radius 1 is 1.30 bits per heavy atom. The first kappa shape index (κ1) is 19.2. The number of amides is 2. The summed E-state index contributed by atoms with van der Waals surface area (Å²) >= 11 is 0. The average Bonchev–Trinajstić information content (AvgIpc) is 2.33. The SMILES string of the molecule is CC(C)(C)CC(=O)NCC(=O)N1CCCCC1CN.Cl. The van der Waals surface area contributed by atoms with Gasteiger partial charge in [-0.05, 0) is 24.7 Å². The van der Waals surface area contributed by atoms with Crippen molar-refractivity contribution in [1.29, 1.82) is 0 Å². The Labute approximate surface area is 128 Å². The number of piperidine rings is 1. The van der Waals surface area contributed by atoms with Crippen molar-refractivity contribution in [1.82, 2.24) is 10.2 Å². The van der Waals surface area contributed by atoms with E-state index in [0.717, 1.165) is 25.8 Å². The number of hydrogen-bond donors (Lipinski definition) is 2. The van der Waals surface area contributed by atoms with E-state index in [9.17, 15) is 9.59 Å². The Balaban J connectivity index is 0.00000361. The van der Waals surface area contributed by atoms with Crippen molar-refractivity contribution < 1.29 is 9.59 Å². The van der Waals surface area contributed by atoms with E-state index in [1.54, 1.807) is 0 Å². The first-order valence-electron chi connectivity index (χ1n) is 7.10. The van der Waals surface area contributed by atoms with E-state index in [2.05, 4.69) is 5.32 Å². The quantitative estimate of drug-likeness (QED) is 0.822. The monoisotopic (exact) mass is 305 g/mol. The summed E-state index contributed by atoms with van der Waals surface area (Å²) in [5.41, 5.74) is 5.63. The number of nitrogens with zero attached hydrogens (tertiary/aromatic N) is 1. The maximum atomic E-state index is 12.1. The second-order valence-corrected chi connectivity index (χ2v) is 6.49. The summed E-state index contributed by atoms with van der Waals surface area (Å²) in [6.07, 6.45) is 3.55. The molecular weight excluding hydrogens is 278 g/mol. The summed E-state index contributed by atoms with van der Waals surface area (Å²) in [5, 5.41) is 2.71. The number of hydrogen-bond acceptors (Lipinski definition) is 3. The van der Waals surface area contributed by atoms with Gasteiger partial charge in [0, 0.05) is 25.6 Å². The topological polar surface area (TPSA) is 75.4 Å². The molecule has 1 aliphatic heterocycles. The lowest BCUT2D eigenvalue weighted by Gasteiger charge is -2.35. The molecule has 5 nitrogen and oxygen atoms in total. The predicted octanol–water partition coefficient (Wildman–Crippen LogP) is 1.30. The number of nitrogens with one attached hydrogen (secondary N) is 1. The number of carbonyl (C=O) groups excluding carboxylic acids is 2. The number of rotatable bonds is 4. The third kappa shape index (κ3) is 6.57. The lowest BCUT2D eigenvalue weighted by atomic mass is 9.92. The van der Waals surface area contributed by atoms with Crippen LogP contribution in [-0.4, -0.2) is 42.4 Å². The van der Waals surface area contributed by atoms with E-state index in [-0.39, 0.29) is 42.2 Å². The number of likely N-dealkylation sites (tertiary alicyclic amines) is 1. The summed E-state index contributed by atoms with van der Waals surface area (Å²) in [6, 6.07) is 0.140. The van der Waals surface area contributed by atoms with Crippen LogP contribution in [-0.2, 0) is 9.59 Å². The molecule has 1 fully saturated rings. The van der Waals surface area contributed by atoms with Crippen LogP contribution in [0.15, 0.2) is 0 Å². The van der Waals surface area contributed by atoms with Gasteiger partial charge in [-0.1, -0.05) is 20.8 Å². The van der Waals surface area contributed by atoms with Crippen LogP contribution in [0.25, 0.3) is 0 Å². The molecule has 0 aromatic carbocycles. The highest BCUT2D eigenvalue weighted by Gasteiger charge is 2.25. The van der Waals surface area contributed by atoms with Crippen LogP contribution >= 0.6 is 12.4 Å². The molecule has 0 aromatic heterocycles. The maximum Gasteiger partial charge on any atom is 0.242 e. The molecule has 0 aromatic rings. The fourth-order valence-electron chi connectivity index (χ4n) is 2.39. The van der Waals surface area contributed by atoms with Crippen molar-refractivity contribution in [2.24, 2.45) is 11.1 Å². The smallest absolute Gasteiger partial charge is 0.242 e. The Morgan fingerprint density at radius 2 is 1.95 bits per heavy atom. The molecule has 1 saturated heterocycles. The zero-order valence-electron chi connectivity index (χ0n) is 12.8. The van der Waals surface area contributed by atoms with Crippen molar-refractivity contribution in [3.05, 3.63) is 0 Å². The Hall–Kier alpha value is -0.810. The highest BCUT2D eigenvalue weighted by molar-refractivity contribution is 5.85. The van der Waals surface area contributed by atoms with Gasteiger partial charge in [0.15, 0.2) is 0 Å². The van der Waals surface area contributed by atoms with Crippen molar-refractivity contribution in [2.75, 3.05) is 19.6 Å². The van der Waals surface area contributed by atoms with E-state index in [0.29, 0.717) is 13.0 Å². The van der Waals surface area contributed by atoms with Crippen LogP contribution in [0.3, 0.4) is 0 Å². The van der Waals surface area contributed by atoms with E-state index in [4.69, 9.17) is 5.73 Å². The fourth-order valence-corrected chi connectivity index (χ4v) is 2.39. The van der Waals surface area contributed by atoms with Crippen LogP contribution in [0.1, 0.15) is 46.5 Å². The Bertz CT molecular complexity index is 329. The summed E-state index contributed by atoms with van der Waals surface area (Å²) < 4.78 is 0. The molecular formula is C14H28ClN3O2. The maximum absolute atomic E-state index is 12.1. The van der Waals surface area contributed by atoms with E-state index < -0.39 is 0 Å². The zero-order chi connectivity index (χ0) is 14.5. The number of halogens is 1. The summed E-state index contributed by atoms with van der Waals surface area (Å²) in [4.78, 5) is 25.6. The Kier molecular flexibility index (Phi) is 8.13. The molecule has 6 heteroatoms. The number of carbonyl (C=O) groups is 2. The first-order valence-corrected chi connectivity index (χ1v) is 7.10. The second kappa shape index (κ2) is 8.47. The molecule has 2 amide bonds. The molecule has 0 spiro atoms. The summed E-state index contributed by atoms with van der Waals surface area (Å²) in [6.45, 7) is 7.36. The van der Waals surface area contributed by atoms with E-state index >= 15 is 0 Å². The van der Waals surface area contributed by atoms with Gasteiger partial charge >= 0.3 is 0 Å². The molecule has 0 saturated carbocycles. The first-order chi connectivity index (χ1) is 8.83. The minimum atomic E-state index is -0.0674. The molecule has 1 unspecified atom stereocenters. The lowest BCUT2D eigenvalue weighted by Crippen LogP contribution is -2.50. The highest BCUT2D eigenvalue weighted by atomic mass is 35.5. The van der Waals surface area contributed by atoms with E-state index in [1.165, 1.54) is 0 Å². The molecule has 1 heterocycles. The van der Waals surface area contributed by atoms with Crippen LogP contribution < -0.4 is 11.1 Å². The van der Waals surface area contributed by atoms with Gasteiger partial charge in [-0.15, -0.1) is 12.4 Å². The van der Waals surface area contributed by atoms with Crippen molar-refractivity contribution in [3.63, 3.8) is 0 Å². The van der Waals surface area contributed by atoms with Gasteiger partial charge in [-0.25, -0.2) is 0 Å². The zero-order valence-corrected chi connectivity index (χ0v) is 13.6. The van der Waals surface area contributed by atoms with Gasteiger partial charge in [0.2, 0.25) is 11.8 Å². The van der Waals surface area contributed by atoms with Gasteiger partial charge in [0.25, 0.3) is 0 Å². The minimum Gasteiger partial charge on any atom is -0.347 e. The predicted molar refractivity (Wildman–Crippen MR) is 82.7 cm³/mol. The Morgan fingerprint density at radius 3 is 2.50 bits per heavy atom. The number of nitrogens with two attached hydrogens (primary N) is 1. The van der Waals surface area contributed by atoms with Crippen LogP contribution in [0, 0.1) is 5.41 Å². The second-order valence-electron chi connectivity index (χ2n) is 6.49. The standard InChI is InChI=1S/C14H27N3O2.ClH/c1-14(2,3)8-12(18)16-10-13(19)17-7-5-4-6-11(17)9-15;/h11H,4-10,15H2,1-3H3,(H,16,18);1H. The summed E-state index contributed by atoms with van der Waals surface area (Å²) in [7, 11) is 0. The van der Waals surface area contributed by atoms with Crippen LogP contribution in [0.4, 0.5) is 0 Å². The molecule has 0 radical (unpaired) electrons. The average molecular weight is 306 g/mol. The largest absolute Gasteiger partial charge is 0.347 e. The molecule has 3 N–H and O–H groups in total. The molecule has 0 bridgehead atoms. The minimum absolute atomic E-state index is 0. The molecule has 1 aliphatic rings. The molecule has 1 rings (SSSR count). The van der Waals surface area contributed by atoms with Gasteiger partial charge in [-0.3, -0.25) is 9.59 Å². The molecule has 0 aliphatic carbocycles. The summed E-state index contributed by atoms with van der Waals surface area (Å²) in [5.74, 6) is -0.0837. The van der Waals surface area contributed by atoms with Crippen LogP contribution in [0.5, 0.6) is 0 Å². The third-order valence-corrected chi connectivity index (χ3v) is 3.35. The molecule has 1 atom stereocenters. The van der Waals surface area contributed by atoms with Crippen molar-refractivity contribution in [3.8, 4) is 0 Å². The fraction of sp³-hybridized carbons (Fsp3) is 0.857. The molecule has 20 heavy (non-hydrogen) atoms.